The number of pyridine rings is 2. The highest BCUT2D eigenvalue weighted by molar-refractivity contribution is 5.93. The number of H-pyrrole nitrogens is 1. The lowest BCUT2D eigenvalue weighted by molar-refractivity contribution is 0.0985. The molecule has 1 fully saturated rings. The van der Waals surface area contributed by atoms with E-state index in [0.717, 1.165) is 57.2 Å². The van der Waals surface area contributed by atoms with Gasteiger partial charge in [0, 0.05) is 35.5 Å². The van der Waals surface area contributed by atoms with Gasteiger partial charge in [0.2, 0.25) is 0 Å². The molecule has 0 aliphatic carbocycles. The number of fused-ring (bicyclic) bond motifs is 1. The minimum Gasteiger partial charge on any atom is -0.377 e. The zero-order chi connectivity index (χ0) is 20.0. The summed E-state index contributed by atoms with van der Waals surface area (Å²) in [5.41, 5.74) is 5.77. The fourth-order valence-electron chi connectivity index (χ4n) is 4.09. The van der Waals surface area contributed by atoms with Crippen LogP contribution in [0.15, 0.2) is 41.2 Å². The van der Waals surface area contributed by atoms with Gasteiger partial charge in [-0.3, -0.25) is 0 Å². The Morgan fingerprint density at radius 3 is 2.90 bits per heavy atom. The molecule has 1 aliphatic rings. The van der Waals surface area contributed by atoms with Crippen molar-refractivity contribution in [3.8, 4) is 22.4 Å². The van der Waals surface area contributed by atoms with Crippen LogP contribution in [0.4, 0.5) is 5.82 Å². The van der Waals surface area contributed by atoms with Gasteiger partial charge in [-0.05, 0) is 50.6 Å². The Morgan fingerprint density at radius 1 is 1.21 bits per heavy atom. The molecule has 0 spiro atoms. The number of anilines is 1. The predicted molar refractivity (Wildman–Crippen MR) is 112 cm³/mol. The maximum absolute atomic E-state index is 5.63. The number of rotatable bonds is 3. The van der Waals surface area contributed by atoms with Crippen LogP contribution < -0.4 is 4.90 Å². The normalized spacial score (nSPS) is 17.2. The number of nitrogens with one attached hydrogen (secondary N) is 1. The average Bonchev–Trinajstić information content (AvgIpc) is 3.34. The third-order valence-corrected chi connectivity index (χ3v) is 5.53. The van der Waals surface area contributed by atoms with Crippen LogP contribution in [-0.4, -0.2) is 45.9 Å². The van der Waals surface area contributed by atoms with Gasteiger partial charge in [-0.1, -0.05) is 5.16 Å². The molecule has 1 saturated heterocycles. The van der Waals surface area contributed by atoms with E-state index in [1.165, 1.54) is 0 Å². The monoisotopic (exact) mass is 389 g/mol. The van der Waals surface area contributed by atoms with Gasteiger partial charge in [-0.15, -0.1) is 0 Å². The lowest BCUT2D eigenvalue weighted by Crippen LogP contribution is -2.44. The molecule has 1 N–H and O–H groups in total. The molecule has 5 rings (SSSR count). The summed E-state index contributed by atoms with van der Waals surface area (Å²) in [7, 11) is 0. The van der Waals surface area contributed by atoms with Crippen LogP contribution in [0.1, 0.15) is 18.4 Å². The lowest BCUT2D eigenvalue weighted by Gasteiger charge is -2.34. The highest BCUT2D eigenvalue weighted by Gasteiger charge is 2.23. The number of aromatic nitrogens is 4. The highest BCUT2D eigenvalue weighted by atomic mass is 16.5. The van der Waals surface area contributed by atoms with Crippen LogP contribution in [-0.2, 0) is 4.74 Å². The van der Waals surface area contributed by atoms with Crippen LogP contribution >= 0.6 is 0 Å². The van der Waals surface area contributed by atoms with Gasteiger partial charge in [-0.2, -0.15) is 0 Å². The molecule has 5 heterocycles. The Bertz CT molecular complexity index is 1160. The number of morpholine rings is 1. The molecule has 0 amide bonds. The van der Waals surface area contributed by atoms with Crippen molar-refractivity contribution in [3.63, 3.8) is 0 Å². The summed E-state index contributed by atoms with van der Waals surface area (Å²) in [6.07, 6.45) is 3.72. The topological polar surface area (TPSA) is 80.1 Å². The molecule has 0 radical (unpaired) electrons. The van der Waals surface area contributed by atoms with Gasteiger partial charge in [0.25, 0.3) is 0 Å². The molecule has 4 aromatic rings. The Kier molecular flexibility index (Phi) is 4.32. The standard InChI is InChI=1S/C22H23N5O2/c1-13-12-28-9-8-27(13)20-11-16(21-14(2)26-29-15(21)3)10-19(25-20)17-4-6-23-22-18(17)5-7-24-22/h4-7,10-11,13H,8-9,12H2,1-3H3,(H,23,24). The molecule has 0 saturated carbocycles. The second-order valence-electron chi connectivity index (χ2n) is 7.51. The SMILES string of the molecule is Cc1noc(C)c1-c1cc(-c2ccnc3[nH]ccc23)nc(N2CCOCC2C)c1. The Labute approximate surface area is 168 Å². The summed E-state index contributed by atoms with van der Waals surface area (Å²) in [4.78, 5) is 15.0. The smallest absolute Gasteiger partial charge is 0.141 e. The van der Waals surface area contributed by atoms with Crippen molar-refractivity contribution in [2.45, 2.75) is 26.8 Å². The van der Waals surface area contributed by atoms with Crippen LogP contribution in [0.2, 0.25) is 0 Å². The van der Waals surface area contributed by atoms with E-state index in [4.69, 9.17) is 14.2 Å². The number of nitrogens with zero attached hydrogens (tertiary/aromatic N) is 4. The van der Waals surface area contributed by atoms with E-state index < -0.39 is 0 Å². The van der Waals surface area contributed by atoms with Crippen LogP contribution in [0, 0.1) is 13.8 Å². The maximum Gasteiger partial charge on any atom is 0.141 e. The van der Waals surface area contributed by atoms with Crippen LogP contribution in [0.3, 0.4) is 0 Å². The van der Waals surface area contributed by atoms with Crippen LogP contribution in [0.5, 0.6) is 0 Å². The first-order valence-electron chi connectivity index (χ1n) is 9.84. The van der Waals surface area contributed by atoms with Crippen molar-refractivity contribution in [1.82, 2.24) is 20.1 Å². The third-order valence-electron chi connectivity index (χ3n) is 5.53. The second-order valence-corrected chi connectivity index (χ2v) is 7.51. The van der Waals surface area contributed by atoms with Gasteiger partial charge in [0.15, 0.2) is 0 Å². The first-order chi connectivity index (χ1) is 14.1. The Morgan fingerprint density at radius 2 is 2.10 bits per heavy atom. The van der Waals surface area contributed by atoms with Crippen molar-refractivity contribution in [2.24, 2.45) is 0 Å². The van der Waals surface area contributed by atoms with E-state index >= 15 is 0 Å². The zero-order valence-corrected chi connectivity index (χ0v) is 16.8. The minimum absolute atomic E-state index is 0.258. The van der Waals surface area contributed by atoms with Crippen molar-refractivity contribution >= 4 is 16.9 Å². The van der Waals surface area contributed by atoms with Crippen molar-refractivity contribution in [1.29, 1.82) is 0 Å². The fourth-order valence-corrected chi connectivity index (χ4v) is 4.09. The van der Waals surface area contributed by atoms with Gasteiger partial charge in [-0.25, -0.2) is 9.97 Å². The van der Waals surface area contributed by atoms with Gasteiger partial charge >= 0.3 is 0 Å². The molecule has 1 unspecified atom stereocenters. The summed E-state index contributed by atoms with van der Waals surface area (Å²) in [6, 6.07) is 8.56. The van der Waals surface area contributed by atoms with E-state index in [1.54, 1.807) is 0 Å². The van der Waals surface area contributed by atoms with E-state index in [1.807, 2.05) is 38.4 Å². The van der Waals surface area contributed by atoms with Crippen molar-refractivity contribution in [2.75, 3.05) is 24.7 Å². The third kappa shape index (κ3) is 3.07. The molecule has 148 valence electrons. The predicted octanol–water partition coefficient (Wildman–Crippen LogP) is 4.12. The van der Waals surface area contributed by atoms with E-state index in [0.29, 0.717) is 13.2 Å². The first kappa shape index (κ1) is 17.9. The molecule has 29 heavy (non-hydrogen) atoms. The number of hydrogen-bond acceptors (Lipinski definition) is 6. The van der Waals surface area contributed by atoms with Gasteiger partial charge < -0.3 is 19.1 Å². The molecule has 7 nitrogen and oxygen atoms in total. The molecule has 4 aromatic heterocycles. The molecular weight excluding hydrogens is 366 g/mol. The molecular formula is C22H23N5O2. The zero-order valence-electron chi connectivity index (χ0n) is 16.8. The summed E-state index contributed by atoms with van der Waals surface area (Å²) in [5.74, 6) is 1.75. The lowest BCUT2D eigenvalue weighted by atomic mass is 10.0. The van der Waals surface area contributed by atoms with Gasteiger partial charge in [0.1, 0.15) is 17.2 Å². The Hall–Kier alpha value is -3.19. The molecule has 1 aliphatic heterocycles. The summed E-state index contributed by atoms with van der Waals surface area (Å²) < 4.78 is 11.1. The summed E-state index contributed by atoms with van der Waals surface area (Å²) in [6.45, 7) is 8.30. The summed E-state index contributed by atoms with van der Waals surface area (Å²) >= 11 is 0. The number of aryl methyl sites for hydroxylation is 2. The first-order valence-corrected chi connectivity index (χ1v) is 9.84. The second kappa shape index (κ2) is 7.00. The molecule has 0 bridgehead atoms. The molecule has 1 atom stereocenters. The van der Waals surface area contributed by atoms with Gasteiger partial charge in [0.05, 0.1) is 30.6 Å². The van der Waals surface area contributed by atoms with Crippen molar-refractivity contribution in [3.05, 3.63) is 48.1 Å². The maximum atomic E-state index is 5.63. The number of ether oxygens (including phenoxy) is 1. The molecule has 7 heteroatoms. The number of aromatic amines is 1. The van der Waals surface area contributed by atoms with E-state index in [9.17, 15) is 0 Å². The largest absolute Gasteiger partial charge is 0.377 e. The van der Waals surface area contributed by atoms with E-state index in [2.05, 4.69) is 39.1 Å². The van der Waals surface area contributed by atoms with E-state index in [-0.39, 0.29) is 6.04 Å². The van der Waals surface area contributed by atoms with Crippen LogP contribution in [0.25, 0.3) is 33.4 Å². The minimum atomic E-state index is 0.258. The summed E-state index contributed by atoms with van der Waals surface area (Å²) in [5, 5.41) is 5.20. The average molecular weight is 389 g/mol. The highest BCUT2D eigenvalue weighted by Crippen LogP contribution is 2.35. The fraction of sp³-hybridized carbons (Fsp3) is 0.318. The van der Waals surface area contributed by atoms with Crippen molar-refractivity contribution < 1.29 is 9.26 Å². The quantitative estimate of drug-likeness (QED) is 0.568. The molecule has 0 aromatic carbocycles. The number of hydrogen-bond donors (Lipinski definition) is 1. The Balaban J connectivity index is 1.73.